The maximum absolute atomic E-state index is 5.46. The SMILES string of the molecule is CC1(C)CCCC(n2c(-c3ccncc3)n[nH]c2=S)C1. The summed E-state index contributed by atoms with van der Waals surface area (Å²) in [4.78, 5) is 4.07. The normalized spacial score (nSPS) is 21.8. The molecule has 4 nitrogen and oxygen atoms in total. The Hall–Kier alpha value is -1.49. The van der Waals surface area contributed by atoms with E-state index in [1.807, 2.05) is 12.1 Å². The highest BCUT2D eigenvalue weighted by Crippen LogP contribution is 2.42. The average Bonchev–Trinajstić information content (AvgIpc) is 2.80. The molecule has 0 radical (unpaired) electrons. The van der Waals surface area contributed by atoms with E-state index in [1.165, 1.54) is 19.3 Å². The predicted molar refractivity (Wildman–Crippen MR) is 81.9 cm³/mol. The van der Waals surface area contributed by atoms with E-state index < -0.39 is 0 Å². The zero-order valence-corrected chi connectivity index (χ0v) is 12.8. The van der Waals surface area contributed by atoms with Crippen LogP contribution < -0.4 is 0 Å². The summed E-state index contributed by atoms with van der Waals surface area (Å²) in [6.45, 7) is 4.68. The molecule has 0 saturated heterocycles. The van der Waals surface area contributed by atoms with E-state index in [9.17, 15) is 0 Å². The lowest BCUT2D eigenvalue weighted by Crippen LogP contribution is -2.25. The Morgan fingerprint density at radius 1 is 1.35 bits per heavy atom. The monoisotopic (exact) mass is 288 g/mol. The average molecular weight is 288 g/mol. The summed E-state index contributed by atoms with van der Waals surface area (Å²) in [6, 6.07) is 4.40. The number of H-pyrrole nitrogens is 1. The van der Waals surface area contributed by atoms with Crippen molar-refractivity contribution in [2.24, 2.45) is 5.41 Å². The zero-order chi connectivity index (χ0) is 14.2. The lowest BCUT2D eigenvalue weighted by atomic mass is 9.75. The van der Waals surface area contributed by atoms with Crippen molar-refractivity contribution in [3.05, 3.63) is 29.3 Å². The van der Waals surface area contributed by atoms with E-state index >= 15 is 0 Å². The molecule has 106 valence electrons. The van der Waals surface area contributed by atoms with Gasteiger partial charge in [-0.2, -0.15) is 5.10 Å². The molecule has 1 fully saturated rings. The first kappa shape index (κ1) is 13.5. The van der Waals surface area contributed by atoms with Gasteiger partial charge in [-0.25, -0.2) is 0 Å². The number of rotatable bonds is 2. The van der Waals surface area contributed by atoms with Crippen LogP contribution in [-0.2, 0) is 0 Å². The second kappa shape index (κ2) is 5.13. The minimum atomic E-state index is 0.379. The molecule has 1 atom stereocenters. The third-order valence-electron chi connectivity index (χ3n) is 4.19. The Labute approximate surface area is 124 Å². The standard InChI is InChI=1S/C15H20N4S/c1-15(2)7-3-4-12(10-15)19-13(17-18-14(19)20)11-5-8-16-9-6-11/h5-6,8-9,12H,3-4,7,10H2,1-2H3,(H,18,20). The van der Waals surface area contributed by atoms with Gasteiger partial charge in [-0.15, -0.1) is 0 Å². The highest BCUT2D eigenvalue weighted by atomic mass is 32.1. The quantitative estimate of drug-likeness (QED) is 0.845. The van der Waals surface area contributed by atoms with Crippen LogP contribution in [0.15, 0.2) is 24.5 Å². The largest absolute Gasteiger partial charge is 0.297 e. The molecular formula is C15H20N4S. The van der Waals surface area contributed by atoms with Crippen LogP contribution in [0.1, 0.15) is 45.6 Å². The number of hydrogen-bond acceptors (Lipinski definition) is 3. The molecule has 0 aromatic carbocycles. The first-order chi connectivity index (χ1) is 9.57. The van der Waals surface area contributed by atoms with E-state index in [-0.39, 0.29) is 0 Å². The van der Waals surface area contributed by atoms with Crippen molar-refractivity contribution in [1.82, 2.24) is 19.7 Å². The summed E-state index contributed by atoms with van der Waals surface area (Å²) in [5.41, 5.74) is 1.44. The molecule has 1 saturated carbocycles. The van der Waals surface area contributed by atoms with Gasteiger partial charge >= 0.3 is 0 Å². The zero-order valence-electron chi connectivity index (χ0n) is 12.0. The molecule has 1 unspecified atom stereocenters. The van der Waals surface area contributed by atoms with Crippen LogP contribution in [-0.4, -0.2) is 19.7 Å². The summed E-state index contributed by atoms with van der Waals surface area (Å²) in [5.74, 6) is 0.931. The van der Waals surface area contributed by atoms with Gasteiger partial charge in [0.15, 0.2) is 10.6 Å². The summed E-state index contributed by atoms with van der Waals surface area (Å²) < 4.78 is 2.92. The fourth-order valence-electron chi connectivity index (χ4n) is 3.23. The summed E-state index contributed by atoms with van der Waals surface area (Å²) in [7, 11) is 0. The van der Waals surface area contributed by atoms with Crippen molar-refractivity contribution in [2.45, 2.75) is 45.6 Å². The third-order valence-corrected chi connectivity index (χ3v) is 4.48. The molecule has 1 N–H and O–H groups in total. The topological polar surface area (TPSA) is 46.5 Å². The second-order valence-corrected chi connectivity index (χ2v) is 6.76. The summed E-state index contributed by atoms with van der Waals surface area (Å²) in [5, 5.41) is 7.38. The van der Waals surface area contributed by atoms with Gasteiger partial charge in [0.05, 0.1) is 0 Å². The minimum Gasteiger partial charge on any atom is -0.297 e. The Morgan fingerprint density at radius 2 is 2.10 bits per heavy atom. The molecule has 0 spiro atoms. The molecule has 0 aliphatic heterocycles. The first-order valence-electron chi connectivity index (χ1n) is 7.14. The second-order valence-electron chi connectivity index (χ2n) is 6.37. The molecule has 0 amide bonds. The predicted octanol–water partition coefficient (Wildman–Crippen LogP) is 4.14. The highest BCUT2D eigenvalue weighted by molar-refractivity contribution is 7.71. The molecule has 2 aromatic rings. The number of aromatic amines is 1. The Balaban J connectivity index is 2.02. The van der Waals surface area contributed by atoms with E-state index in [4.69, 9.17) is 12.2 Å². The maximum Gasteiger partial charge on any atom is 0.195 e. The molecule has 0 bridgehead atoms. The van der Waals surface area contributed by atoms with Crippen LogP contribution in [0.5, 0.6) is 0 Å². The molecular weight excluding hydrogens is 268 g/mol. The van der Waals surface area contributed by atoms with Crippen molar-refractivity contribution in [2.75, 3.05) is 0 Å². The van der Waals surface area contributed by atoms with Crippen LogP contribution >= 0.6 is 12.2 Å². The van der Waals surface area contributed by atoms with E-state index in [2.05, 4.69) is 33.6 Å². The van der Waals surface area contributed by atoms with Gasteiger partial charge in [-0.1, -0.05) is 20.3 Å². The molecule has 1 aliphatic carbocycles. The van der Waals surface area contributed by atoms with Gasteiger partial charge in [0.2, 0.25) is 0 Å². The van der Waals surface area contributed by atoms with Crippen molar-refractivity contribution in [3.63, 3.8) is 0 Å². The smallest absolute Gasteiger partial charge is 0.195 e. The van der Waals surface area contributed by atoms with Gasteiger partial charge in [0, 0.05) is 24.0 Å². The molecule has 3 rings (SSSR count). The summed E-state index contributed by atoms with van der Waals surface area (Å²) >= 11 is 5.46. The Bertz CT molecular complexity index is 641. The molecule has 2 heterocycles. The van der Waals surface area contributed by atoms with Crippen molar-refractivity contribution in [3.8, 4) is 11.4 Å². The molecule has 2 aromatic heterocycles. The number of nitrogens with one attached hydrogen (secondary N) is 1. The van der Waals surface area contributed by atoms with Crippen molar-refractivity contribution < 1.29 is 0 Å². The minimum absolute atomic E-state index is 0.379. The fraction of sp³-hybridized carbons (Fsp3) is 0.533. The van der Waals surface area contributed by atoms with Crippen LogP contribution in [0.25, 0.3) is 11.4 Å². The fourth-order valence-corrected chi connectivity index (χ4v) is 3.51. The van der Waals surface area contributed by atoms with Crippen molar-refractivity contribution in [1.29, 1.82) is 0 Å². The third kappa shape index (κ3) is 2.54. The van der Waals surface area contributed by atoms with Crippen molar-refractivity contribution >= 4 is 12.2 Å². The van der Waals surface area contributed by atoms with Gasteiger partial charge in [-0.3, -0.25) is 14.6 Å². The molecule has 20 heavy (non-hydrogen) atoms. The number of hydrogen-bond donors (Lipinski definition) is 1. The molecule has 5 heteroatoms. The van der Waals surface area contributed by atoms with E-state index in [0.717, 1.165) is 22.6 Å². The van der Waals surface area contributed by atoms with E-state index in [1.54, 1.807) is 12.4 Å². The Morgan fingerprint density at radius 3 is 2.80 bits per heavy atom. The first-order valence-corrected chi connectivity index (χ1v) is 7.55. The van der Waals surface area contributed by atoms with Crippen LogP contribution in [0.4, 0.5) is 0 Å². The Kier molecular flexibility index (Phi) is 3.46. The van der Waals surface area contributed by atoms with Gasteiger partial charge < -0.3 is 0 Å². The van der Waals surface area contributed by atoms with Crippen LogP contribution in [0.2, 0.25) is 0 Å². The highest BCUT2D eigenvalue weighted by Gasteiger charge is 2.30. The maximum atomic E-state index is 5.46. The van der Waals surface area contributed by atoms with Crippen LogP contribution in [0.3, 0.4) is 0 Å². The van der Waals surface area contributed by atoms with Gasteiger partial charge in [0.25, 0.3) is 0 Å². The lowest BCUT2D eigenvalue weighted by molar-refractivity contribution is 0.183. The van der Waals surface area contributed by atoms with Crippen LogP contribution in [0, 0.1) is 10.2 Å². The van der Waals surface area contributed by atoms with Gasteiger partial charge in [-0.05, 0) is 49.0 Å². The lowest BCUT2D eigenvalue weighted by Gasteiger charge is -2.36. The molecule has 1 aliphatic rings. The number of aromatic nitrogens is 4. The summed E-state index contributed by atoms with van der Waals surface area (Å²) in [6.07, 6.45) is 8.46. The number of nitrogens with zero attached hydrogens (tertiary/aromatic N) is 3. The van der Waals surface area contributed by atoms with E-state index in [0.29, 0.717) is 11.5 Å². The van der Waals surface area contributed by atoms with Gasteiger partial charge in [0.1, 0.15) is 0 Å². The number of pyridine rings is 1.